The molecule has 8 heteroatoms. The second-order valence-electron chi connectivity index (χ2n) is 5.72. The molecule has 0 radical (unpaired) electrons. The maximum absolute atomic E-state index is 13.1. The fraction of sp³-hybridized carbons (Fsp3) is 0.278. The first-order valence-electron chi connectivity index (χ1n) is 8.15. The van der Waals surface area contributed by atoms with Crippen molar-refractivity contribution < 1.29 is 17.5 Å². The smallest absolute Gasteiger partial charge is 0.285 e. The molecule has 0 aliphatic heterocycles. The van der Waals surface area contributed by atoms with E-state index in [4.69, 9.17) is 4.74 Å². The van der Waals surface area contributed by atoms with E-state index < -0.39 is 15.8 Å². The van der Waals surface area contributed by atoms with Gasteiger partial charge in [-0.3, -0.25) is 0 Å². The van der Waals surface area contributed by atoms with Crippen LogP contribution in [0.1, 0.15) is 12.5 Å². The van der Waals surface area contributed by atoms with E-state index in [1.54, 1.807) is 0 Å². The molecule has 0 atom stereocenters. The molecule has 0 saturated carbocycles. The van der Waals surface area contributed by atoms with E-state index >= 15 is 0 Å². The van der Waals surface area contributed by atoms with Crippen LogP contribution >= 0.6 is 11.3 Å². The summed E-state index contributed by atoms with van der Waals surface area (Å²) in [5.74, 6) is -0.493. The third-order valence-electron chi connectivity index (χ3n) is 3.81. The fourth-order valence-corrected chi connectivity index (χ4v) is 4.89. The Balaban J connectivity index is 2.14. The van der Waals surface area contributed by atoms with E-state index in [0.717, 1.165) is 27.9 Å². The molecule has 26 heavy (non-hydrogen) atoms. The van der Waals surface area contributed by atoms with Gasteiger partial charge in [0, 0.05) is 13.2 Å². The minimum Gasteiger partial charge on any atom is -0.380 e. The van der Waals surface area contributed by atoms with Crippen LogP contribution in [0.5, 0.6) is 0 Å². The van der Waals surface area contributed by atoms with Crippen LogP contribution in [0.2, 0.25) is 0 Å². The number of thiazole rings is 1. The van der Waals surface area contributed by atoms with Crippen molar-refractivity contribution in [1.29, 1.82) is 0 Å². The third-order valence-corrected chi connectivity index (χ3v) is 6.25. The molecular formula is C18H19FN2O3S2. The lowest BCUT2D eigenvalue weighted by atomic mass is 10.2. The van der Waals surface area contributed by atoms with Crippen LogP contribution < -0.4 is 4.80 Å². The van der Waals surface area contributed by atoms with Gasteiger partial charge in [0.25, 0.3) is 10.0 Å². The molecule has 3 rings (SSSR count). The Kier molecular flexibility index (Phi) is 5.55. The number of sulfonamides is 1. The summed E-state index contributed by atoms with van der Waals surface area (Å²) >= 11 is 1.31. The Hall–Kier alpha value is -2.03. The summed E-state index contributed by atoms with van der Waals surface area (Å²) in [4.78, 5) is 0.332. The lowest BCUT2D eigenvalue weighted by Gasteiger charge is -2.06. The van der Waals surface area contributed by atoms with Crippen LogP contribution in [0.4, 0.5) is 4.39 Å². The highest BCUT2D eigenvalue weighted by atomic mass is 32.2. The zero-order valence-electron chi connectivity index (χ0n) is 14.5. The van der Waals surface area contributed by atoms with Crippen LogP contribution in [0.3, 0.4) is 0 Å². The minimum absolute atomic E-state index is 0.0381. The number of hydrogen-bond donors (Lipinski definition) is 0. The normalized spacial score (nSPS) is 12.8. The number of ether oxygens (including phenoxy) is 1. The van der Waals surface area contributed by atoms with E-state index in [2.05, 4.69) is 4.40 Å². The number of fused-ring (bicyclic) bond motifs is 1. The van der Waals surface area contributed by atoms with Gasteiger partial charge < -0.3 is 9.30 Å². The summed E-state index contributed by atoms with van der Waals surface area (Å²) in [6, 6.07) is 10.6. The number of benzene rings is 2. The summed E-state index contributed by atoms with van der Waals surface area (Å²) in [6.45, 7) is 5.43. The van der Waals surface area contributed by atoms with Crippen molar-refractivity contribution in [3.63, 3.8) is 0 Å². The van der Waals surface area contributed by atoms with Crippen molar-refractivity contribution in [2.24, 2.45) is 4.40 Å². The number of aromatic nitrogens is 1. The monoisotopic (exact) mass is 394 g/mol. The van der Waals surface area contributed by atoms with Crippen LogP contribution in [-0.2, 0) is 21.3 Å². The van der Waals surface area contributed by atoms with Gasteiger partial charge in [-0.15, -0.1) is 4.40 Å². The van der Waals surface area contributed by atoms with E-state index in [9.17, 15) is 12.8 Å². The molecule has 1 aromatic heterocycles. The first-order chi connectivity index (χ1) is 12.4. The van der Waals surface area contributed by atoms with Gasteiger partial charge in [-0.25, -0.2) is 4.39 Å². The van der Waals surface area contributed by atoms with Gasteiger partial charge in [-0.05, 0) is 55.8 Å². The van der Waals surface area contributed by atoms with Crippen molar-refractivity contribution >= 4 is 31.6 Å². The zero-order valence-corrected chi connectivity index (χ0v) is 16.1. The molecule has 5 nitrogen and oxygen atoms in total. The maximum Gasteiger partial charge on any atom is 0.285 e. The Morgan fingerprint density at radius 2 is 1.92 bits per heavy atom. The van der Waals surface area contributed by atoms with Gasteiger partial charge in [0.15, 0.2) is 0 Å². The second-order valence-corrected chi connectivity index (χ2v) is 8.34. The van der Waals surface area contributed by atoms with E-state index in [1.165, 1.54) is 23.5 Å². The molecule has 138 valence electrons. The Morgan fingerprint density at radius 3 is 2.62 bits per heavy atom. The highest BCUT2D eigenvalue weighted by Crippen LogP contribution is 2.20. The predicted molar refractivity (Wildman–Crippen MR) is 100 cm³/mol. The molecule has 0 aliphatic rings. The highest BCUT2D eigenvalue weighted by molar-refractivity contribution is 7.90. The minimum atomic E-state index is -3.93. The molecule has 0 bridgehead atoms. The molecule has 1 heterocycles. The molecule has 0 saturated heterocycles. The van der Waals surface area contributed by atoms with Crippen molar-refractivity contribution in [3.8, 4) is 0 Å². The standard InChI is InChI=1S/C18H19FN2O3S2/c1-3-24-11-10-21-16-9-4-13(2)12-17(16)25-18(21)20-26(22,23)15-7-5-14(19)6-8-15/h4-9,12H,3,10-11H2,1-2H3. The van der Waals surface area contributed by atoms with Gasteiger partial charge in [-0.2, -0.15) is 8.42 Å². The molecule has 0 N–H and O–H groups in total. The van der Waals surface area contributed by atoms with Crippen LogP contribution in [0, 0.1) is 12.7 Å². The highest BCUT2D eigenvalue weighted by Gasteiger charge is 2.15. The molecule has 0 aliphatic carbocycles. The average Bonchev–Trinajstić information content (AvgIpc) is 2.91. The van der Waals surface area contributed by atoms with Crippen molar-refractivity contribution in [2.45, 2.75) is 25.3 Å². The Bertz CT molecular complexity index is 1080. The number of halogens is 1. The number of nitrogens with zero attached hydrogens (tertiary/aromatic N) is 2. The van der Waals surface area contributed by atoms with Crippen molar-refractivity contribution in [1.82, 2.24) is 4.57 Å². The van der Waals surface area contributed by atoms with Crippen LogP contribution in [0.15, 0.2) is 51.8 Å². The Morgan fingerprint density at radius 1 is 1.19 bits per heavy atom. The third kappa shape index (κ3) is 4.03. The SMILES string of the molecule is CCOCCn1c(=NS(=O)(=O)c2ccc(F)cc2)sc2cc(C)ccc21. The summed E-state index contributed by atoms with van der Waals surface area (Å²) < 4.78 is 50.5. The quantitative estimate of drug-likeness (QED) is 0.602. The molecule has 0 amide bonds. The number of aryl methyl sites for hydroxylation is 1. The Labute approximate surface area is 155 Å². The largest absolute Gasteiger partial charge is 0.380 e. The lowest BCUT2D eigenvalue weighted by Crippen LogP contribution is -2.19. The van der Waals surface area contributed by atoms with E-state index in [0.29, 0.717) is 24.6 Å². The first-order valence-corrected chi connectivity index (χ1v) is 10.4. The average molecular weight is 394 g/mol. The number of rotatable bonds is 6. The lowest BCUT2D eigenvalue weighted by molar-refractivity contribution is 0.139. The van der Waals surface area contributed by atoms with Gasteiger partial charge in [0.1, 0.15) is 5.82 Å². The summed E-state index contributed by atoms with van der Waals surface area (Å²) in [7, 11) is -3.93. The molecule has 2 aromatic carbocycles. The summed E-state index contributed by atoms with van der Waals surface area (Å²) in [6.07, 6.45) is 0. The van der Waals surface area contributed by atoms with Gasteiger partial charge in [0.2, 0.25) is 4.80 Å². The predicted octanol–water partition coefficient (Wildman–Crippen LogP) is 3.48. The molecule has 3 aromatic rings. The van der Waals surface area contributed by atoms with Crippen molar-refractivity contribution in [2.75, 3.05) is 13.2 Å². The van der Waals surface area contributed by atoms with Crippen LogP contribution in [0.25, 0.3) is 10.2 Å². The fourth-order valence-electron chi connectivity index (χ4n) is 2.53. The summed E-state index contributed by atoms with van der Waals surface area (Å²) in [5, 5.41) is 0. The molecule has 0 spiro atoms. The zero-order chi connectivity index (χ0) is 18.7. The van der Waals surface area contributed by atoms with Gasteiger partial charge >= 0.3 is 0 Å². The van der Waals surface area contributed by atoms with Gasteiger partial charge in [-0.1, -0.05) is 17.4 Å². The van der Waals surface area contributed by atoms with Crippen LogP contribution in [-0.4, -0.2) is 26.2 Å². The summed E-state index contributed by atoms with van der Waals surface area (Å²) in [5.41, 5.74) is 2.00. The van der Waals surface area contributed by atoms with E-state index in [1.807, 2.05) is 36.6 Å². The second kappa shape index (κ2) is 7.69. The van der Waals surface area contributed by atoms with E-state index in [-0.39, 0.29) is 4.90 Å². The maximum atomic E-state index is 13.1. The first kappa shape index (κ1) is 18.8. The topological polar surface area (TPSA) is 60.7 Å². The molecule has 0 unspecified atom stereocenters. The number of hydrogen-bond acceptors (Lipinski definition) is 4. The van der Waals surface area contributed by atoms with Crippen molar-refractivity contribution in [3.05, 3.63) is 58.6 Å². The molecule has 0 fully saturated rings. The van der Waals surface area contributed by atoms with Gasteiger partial charge in [0.05, 0.1) is 21.7 Å². The molecular weight excluding hydrogens is 375 g/mol.